The van der Waals surface area contributed by atoms with E-state index < -0.39 is 34.3 Å². The van der Waals surface area contributed by atoms with E-state index in [2.05, 4.69) is 5.32 Å². The molecule has 5 rings (SSSR count). The van der Waals surface area contributed by atoms with Crippen LogP contribution in [0.3, 0.4) is 0 Å². The summed E-state index contributed by atoms with van der Waals surface area (Å²) in [6, 6.07) is 28.7. The largest absolute Gasteiger partial charge is 0.494 e. The lowest BCUT2D eigenvalue weighted by molar-refractivity contribution is -0.140. The summed E-state index contributed by atoms with van der Waals surface area (Å²) in [7, 11) is -4.26. The van der Waals surface area contributed by atoms with Crippen molar-refractivity contribution in [2.75, 3.05) is 17.5 Å². The molecule has 1 aliphatic carbocycles. The molecular formula is C37H40FN3O5S. The highest BCUT2D eigenvalue weighted by Gasteiger charge is 2.36. The standard InChI is InChI=1S/C37H40FN3O5S/c1-2-46-32-21-23-33(24-22-32)47(44,45)41(31-18-7-4-8-19-31)27-36(42)40(26-29-15-9-12-20-34(29)38)35(25-28-13-5-3-6-14-28)37(43)39-30-16-10-11-17-30/h3-9,12-15,18-24,30,35H,2,10-11,16-17,25-27H2,1H3,(H,39,43)/t35-/m1/s1. The summed E-state index contributed by atoms with van der Waals surface area (Å²) in [6.07, 6.45) is 3.85. The first-order valence-corrected chi connectivity index (χ1v) is 17.4. The quantitative estimate of drug-likeness (QED) is 0.176. The van der Waals surface area contributed by atoms with E-state index in [0.29, 0.717) is 12.4 Å². The average molecular weight is 658 g/mol. The normalized spacial score (nSPS) is 13.9. The van der Waals surface area contributed by atoms with Crippen LogP contribution >= 0.6 is 0 Å². The number of halogens is 1. The lowest BCUT2D eigenvalue weighted by Gasteiger charge is -2.34. The van der Waals surface area contributed by atoms with Crippen LogP contribution in [0.25, 0.3) is 0 Å². The Kier molecular flexibility index (Phi) is 11.3. The SMILES string of the molecule is CCOc1ccc(S(=O)(=O)N(CC(=O)N(Cc2ccccc2F)[C@H](Cc2ccccc2)C(=O)NC2CCCC2)c2ccccc2)cc1. The summed E-state index contributed by atoms with van der Waals surface area (Å²) >= 11 is 0. The van der Waals surface area contributed by atoms with Crippen LogP contribution in [0.15, 0.2) is 114 Å². The van der Waals surface area contributed by atoms with Gasteiger partial charge in [0.25, 0.3) is 10.0 Å². The van der Waals surface area contributed by atoms with Crippen molar-refractivity contribution in [2.24, 2.45) is 0 Å². The lowest BCUT2D eigenvalue weighted by atomic mass is 10.0. The van der Waals surface area contributed by atoms with Gasteiger partial charge in [0.2, 0.25) is 11.8 Å². The molecule has 1 saturated carbocycles. The molecule has 0 saturated heterocycles. The molecule has 246 valence electrons. The number of carbonyl (C=O) groups excluding carboxylic acids is 2. The molecule has 4 aromatic rings. The average Bonchev–Trinajstić information content (AvgIpc) is 3.60. The van der Waals surface area contributed by atoms with Crippen molar-refractivity contribution in [1.29, 1.82) is 0 Å². The van der Waals surface area contributed by atoms with Crippen molar-refractivity contribution in [2.45, 2.75) is 62.6 Å². The van der Waals surface area contributed by atoms with Crippen LogP contribution in [0.5, 0.6) is 5.75 Å². The monoisotopic (exact) mass is 657 g/mol. The summed E-state index contributed by atoms with van der Waals surface area (Å²) in [4.78, 5) is 29.9. The third-order valence-electron chi connectivity index (χ3n) is 8.32. The maximum Gasteiger partial charge on any atom is 0.264 e. The maximum atomic E-state index is 15.1. The topological polar surface area (TPSA) is 96.0 Å². The molecule has 0 bridgehead atoms. The Hall–Kier alpha value is -4.70. The summed E-state index contributed by atoms with van der Waals surface area (Å²) in [5.74, 6) is -1.01. The number of hydrogen-bond donors (Lipinski definition) is 1. The van der Waals surface area contributed by atoms with Gasteiger partial charge in [0.15, 0.2) is 0 Å². The predicted octanol–water partition coefficient (Wildman–Crippen LogP) is 6.12. The number of anilines is 1. The molecule has 47 heavy (non-hydrogen) atoms. The first kappa shape index (κ1) is 33.7. The van der Waals surface area contributed by atoms with Crippen molar-refractivity contribution in [3.05, 3.63) is 126 Å². The zero-order valence-corrected chi connectivity index (χ0v) is 27.2. The number of rotatable bonds is 14. The molecule has 1 aliphatic rings. The molecule has 0 aromatic heterocycles. The van der Waals surface area contributed by atoms with E-state index in [4.69, 9.17) is 4.74 Å². The highest BCUT2D eigenvalue weighted by Crippen LogP contribution is 2.27. The van der Waals surface area contributed by atoms with E-state index in [1.54, 1.807) is 60.7 Å². The number of para-hydroxylation sites is 1. The Bertz CT molecular complexity index is 1730. The van der Waals surface area contributed by atoms with Gasteiger partial charge in [-0.25, -0.2) is 12.8 Å². The molecule has 1 atom stereocenters. The van der Waals surface area contributed by atoms with Gasteiger partial charge in [-0.15, -0.1) is 0 Å². The lowest BCUT2D eigenvalue weighted by Crippen LogP contribution is -2.54. The van der Waals surface area contributed by atoms with Crippen LogP contribution in [0.2, 0.25) is 0 Å². The molecule has 0 spiro atoms. The number of nitrogens with zero attached hydrogens (tertiary/aromatic N) is 2. The summed E-state index contributed by atoms with van der Waals surface area (Å²) < 4.78 is 50.0. The maximum absolute atomic E-state index is 15.1. The number of ether oxygens (including phenoxy) is 1. The molecule has 0 heterocycles. The molecule has 1 N–H and O–H groups in total. The Balaban J connectivity index is 1.54. The molecule has 1 fully saturated rings. The zero-order chi connectivity index (χ0) is 33.2. The van der Waals surface area contributed by atoms with Gasteiger partial charge >= 0.3 is 0 Å². The fourth-order valence-electron chi connectivity index (χ4n) is 5.86. The first-order chi connectivity index (χ1) is 22.8. The Morgan fingerprint density at radius 1 is 0.872 bits per heavy atom. The van der Waals surface area contributed by atoms with Crippen LogP contribution in [0.1, 0.15) is 43.7 Å². The minimum atomic E-state index is -4.26. The third kappa shape index (κ3) is 8.56. The van der Waals surface area contributed by atoms with Crippen LogP contribution in [0.4, 0.5) is 10.1 Å². The van der Waals surface area contributed by atoms with Crippen molar-refractivity contribution < 1.29 is 27.1 Å². The van der Waals surface area contributed by atoms with E-state index in [9.17, 15) is 18.0 Å². The van der Waals surface area contributed by atoms with Gasteiger partial charge in [0, 0.05) is 24.6 Å². The van der Waals surface area contributed by atoms with E-state index in [1.165, 1.54) is 23.1 Å². The van der Waals surface area contributed by atoms with Gasteiger partial charge in [-0.1, -0.05) is 79.6 Å². The Morgan fingerprint density at radius 2 is 1.49 bits per heavy atom. The second-order valence-corrected chi connectivity index (χ2v) is 13.4. The Labute approximate surface area is 276 Å². The Morgan fingerprint density at radius 3 is 2.13 bits per heavy atom. The van der Waals surface area contributed by atoms with E-state index in [1.807, 2.05) is 37.3 Å². The fraction of sp³-hybridized carbons (Fsp3) is 0.297. The van der Waals surface area contributed by atoms with Gasteiger partial charge in [0.1, 0.15) is 24.2 Å². The van der Waals surface area contributed by atoms with Crippen LogP contribution in [0, 0.1) is 5.82 Å². The highest BCUT2D eigenvalue weighted by molar-refractivity contribution is 7.92. The van der Waals surface area contributed by atoms with E-state index in [0.717, 1.165) is 35.6 Å². The molecule has 2 amide bonds. The van der Waals surface area contributed by atoms with Gasteiger partial charge < -0.3 is 15.0 Å². The molecule has 0 radical (unpaired) electrons. The van der Waals surface area contributed by atoms with Crippen molar-refractivity contribution in [3.8, 4) is 5.75 Å². The number of sulfonamides is 1. The van der Waals surface area contributed by atoms with Crippen LogP contribution in [-0.4, -0.2) is 50.4 Å². The van der Waals surface area contributed by atoms with E-state index >= 15 is 4.39 Å². The van der Waals surface area contributed by atoms with Crippen molar-refractivity contribution in [1.82, 2.24) is 10.2 Å². The fourth-order valence-corrected chi connectivity index (χ4v) is 7.27. The van der Waals surface area contributed by atoms with Gasteiger partial charge in [0.05, 0.1) is 17.2 Å². The second kappa shape index (κ2) is 15.7. The highest BCUT2D eigenvalue weighted by atomic mass is 32.2. The van der Waals surface area contributed by atoms with Gasteiger partial charge in [-0.2, -0.15) is 0 Å². The summed E-state index contributed by atoms with van der Waals surface area (Å²) in [6.45, 7) is 1.41. The third-order valence-corrected chi connectivity index (χ3v) is 10.1. The molecule has 8 nitrogen and oxygen atoms in total. The molecular weight excluding hydrogens is 617 g/mol. The molecule has 0 aliphatic heterocycles. The van der Waals surface area contributed by atoms with Gasteiger partial charge in [-0.3, -0.25) is 13.9 Å². The summed E-state index contributed by atoms with van der Waals surface area (Å²) in [5.41, 5.74) is 1.30. The van der Waals surface area contributed by atoms with Crippen molar-refractivity contribution in [3.63, 3.8) is 0 Å². The number of amides is 2. The number of benzene rings is 4. The number of hydrogen-bond acceptors (Lipinski definition) is 5. The molecule has 10 heteroatoms. The minimum absolute atomic E-state index is 0.0213. The van der Waals surface area contributed by atoms with Gasteiger partial charge in [-0.05, 0) is 67.8 Å². The van der Waals surface area contributed by atoms with Crippen LogP contribution in [-0.2, 0) is 32.6 Å². The predicted molar refractivity (Wildman–Crippen MR) is 180 cm³/mol. The first-order valence-electron chi connectivity index (χ1n) is 15.9. The zero-order valence-electron chi connectivity index (χ0n) is 26.4. The van der Waals surface area contributed by atoms with Crippen LogP contribution < -0.4 is 14.4 Å². The minimum Gasteiger partial charge on any atom is -0.494 e. The number of nitrogens with one attached hydrogen (secondary N) is 1. The summed E-state index contributed by atoms with van der Waals surface area (Å²) in [5, 5.41) is 3.12. The second-order valence-electron chi connectivity index (χ2n) is 11.6. The van der Waals surface area contributed by atoms with E-state index in [-0.39, 0.29) is 41.1 Å². The molecule has 0 unspecified atom stereocenters. The molecule has 4 aromatic carbocycles. The number of carbonyl (C=O) groups is 2. The smallest absolute Gasteiger partial charge is 0.264 e. The van der Waals surface area contributed by atoms with Crippen molar-refractivity contribution >= 4 is 27.5 Å².